The Bertz CT molecular complexity index is 915. The van der Waals surface area contributed by atoms with Crippen molar-refractivity contribution in [2.24, 2.45) is 10.7 Å². The summed E-state index contributed by atoms with van der Waals surface area (Å²) in [5.74, 6) is -0.949. The van der Waals surface area contributed by atoms with E-state index in [1.54, 1.807) is 24.3 Å². The van der Waals surface area contributed by atoms with E-state index in [4.69, 9.17) is 5.73 Å². The SMILES string of the molecule is NC1=Nc2ccc(-c3cccc(C(F)(F)F)c3)cc2C=C(C(=O)O)C1. The van der Waals surface area contributed by atoms with Gasteiger partial charge in [-0.15, -0.1) is 0 Å². The zero-order chi connectivity index (χ0) is 18.2. The summed E-state index contributed by atoms with van der Waals surface area (Å²) in [6, 6.07) is 9.80. The Morgan fingerprint density at radius 2 is 1.84 bits per heavy atom. The van der Waals surface area contributed by atoms with Crippen LogP contribution in [0.5, 0.6) is 0 Å². The van der Waals surface area contributed by atoms with Gasteiger partial charge in [0.25, 0.3) is 0 Å². The molecule has 1 aliphatic rings. The Kier molecular flexibility index (Phi) is 4.08. The number of benzene rings is 2. The second-order valence-corrected chi connectivity index (χ2v) is 5.61. The van der Waals surface area contributed by atoms with Crippen LogP contribution in [0.4, 0.5) is 18.9 Å². The minimum Gasteiger partial charge on any atom is -0.478 e. The smallest absolute Gasteiger partial charge is 0.416 e. The topological polar surface area (TPSA) is 75.7 Å². The number of fused-ring (bicyclic) bond motifs is 1. The Labute approximate surface area is 141 Å². The largest absolute Gasteiger partial charge is 0.478 e. The number of hydrogen-bond acceptors (Lipinski definition) is 3. The number of carboxylic acid groups (broad SMARTS) is 1. The molecular weight excluding hydrogens is 333 g/mol. The average molecular weight is 346 g/mol. The van der Waals surface area contributed by atoms with Crippen LogP contribution in [0.25, 0.3) is 17.2 Å². The first-order valence-corrected chi connectivity index (χ1v) is 7.32. The van der Waals surface area contributed by atoms with E-state index in [-0.39, 0.29) is 17.8 Å². The number of halogens is 3. The van der Waals surface area contributed by atoms with Crippen LogP contribution in [0.15, 0.2) is 53.0 Å². The summed E-state index contributed by atoms with van der Waals surface area (Å²) < 4.78 is 38.7. The van der Waals surface area contributed by atoms with Crippen molar-refractivity contribution in [3.8, 4) is 11.1 Å². The zero-order valence-corrected chi connectivity index (χ0v) is 12.8. The highest BCUT2D eigenvalue weighted by Crippen LogP contribution is 2.34. The van der Waals surface area contributed by atoms with Crippen LogP contribution >= 0.6 is 0 Å². The van der Waals surface area contributed by atoms with Gasteiger partial charge in [0.05, 0.1) is 11.3 Å². The van der Waals surface area contributed by atoms with Crippen molar-refractivity contribution in [3.05, 3.63) is 59.2 Å². The number of carbonyl (C=O) groups is 1. The van der Waals surface area contributed by atoms with Gasteiger partial charge in [-0.2, -0.15) is 13.2 Å². The number of alkyl halides is 3. The molecule has 2 aromatic rings. The molecule has 128 valence electrons. The Balaban J connectivity index is 2.11. The van der Waals surface area contributed by atoms with E-state index in [0.717, 1.165) is 12.1 Å². The van der Waals surface area contributed by atoms with Crippen molar-refractivity contribution in [2.45, 2.75) is 12.6 Å². The highest BCUT2D eigenvalue weighted by atomic mass is 19.4. The second kappa shape index (κ2) is 6.08. The Hall–Kier alpha value is -3.09. The number of rotatable bonds is 2. The molecule has 1 aliphatic heterocycles. The molecule has 4 nitrogen and oxygen atoms in total. The van der Waals surface area contributed by atoms with Crippen LogP contribution in [0.3, 0.4) is 0 Å². The summed E-state index contributed by atoms with van der Waals surface area (Å²) in [6.07, 6.45) is -2.99. The molecule has 0 saturated heterocycles. The normalized spacial score (nSPS) is 14.2. The van der Waals surface area contributed by atoms with E-state index in [1.807, 2.05) is 0 Å². The van der Waals surface area contributed by atoms with E-state index >= 15 is 0 Å². The molecule has 7 heteroatoms. The minimum absolute atomic E-state index is 0.00288. The highest BCUT2D eigenvalue weighted by molar-refractivity contribution is 6.02. The van der Waals surface area contributed by atoms with Gasteiger partial charge >= 0.3 is 12.1 Å². The van der Waals surface area contributed by atoms with Crippen LogP contribution in [-0.4, -0.2) is 16.9 Å². The van der Waals surface area contributed by atoms with Gasteiger partial charge in [0.1, 0.15) is 5.84 Å². The first-order valence-electron chi connectivity index (χ1n) is 7.32. The fraction of sp³-hybridized carbons (Fsp3) is 0.111. The Morgan fingerprint density at radius 1 is 1.12 bits per heavy atom. The fourth-order valence-corrected chi connectivity index (χ4v) is 2.59. The van der Waals surface area contributed by atoms with Gasteiger partial charge in [0.15, 0.2) is 0 Å². The number of nitrogens with two attached hydrogens (primary N) is 1. The maximum atomic E-state index is 12.9. The second-order valence-electron chi connectivity index (χ2n) is 5.61. The number of aliphatic carboxylic acids is 1. The molecular formula is C18H13F3N2O2. The maximum Gasteiger partial charge on any atom is 0.416 e. The van der Waals surface area contributed by atoms with E-state index in [9.17, 15) is 23.1 Å². The molecule has 0 amide bonds. The van der Waals surface area contributed by atoms with E-state index in [2.05, 4.69) is 4.99 Å². The summed E-state index contributed by atoms with van der Waals surface area (Å²) >= 11 is 0. The Morgan fingerprint density at radius 3 is 2.52 bits per heavy atom. The van der Waals surface area contributed by atoms with Gasteiger partial charge in [-0.05, 0) is 41.5 Å². The quantitative estimate of drug-likeness (QED) is 0.854. The molecule has 0 saturated carbocycles. The van der Waals surface area contributed by atoms with Gasteiger partial charge in [-0.3, -0.25) is 0 Å². The first kappa shape index (κ1) is 16.8. The summed E-state index contributed by atoms with van der Waals surface area (Å²) in [4.78, 5) is 15.4. The third-order valence-electron chi connectivity index (χ3n) is 3.79. The standard InChI is InChI=1S/C18H13F3N2O2/c19-18(20,21)14-3-1-2-10(8-14)11-4-5-15-12(6-11)7-13(17(24)25)9-16(22)23-15/h1-8H,9H2,(H2,22,23)(H,24,25). The molecule has 3 N–H and O–H groups in total. The summed E-state index contributed by atoms with van der Waals surface area (Å²) in [6.45, 7) is 0. The molecule has 0 fully saturated rings. The van der Waals surface area contributed by atoms with E-state index < -0.39 is 17.7 Å². The van der Waals surface area contributed by atoms with Crippen LogP contribution in [0.1, 0.15) is 17.5 Å². The first-order chi connectivity index (χ1) is 11.7. The van der Waals surface area contributed by atoms with Crippen LogP contribution in [0.2, 0.25) is 0 Å². The molecule has 2 aromatic carbocycles. The molecule has 25 heavy (non-hydrogen) atoms. The maximum absolute atomic E-state index is 12.9. The van der Waals surface area contributed by atoms with Crippen molar-refractivity contribution in [1.29, 1.82) is 0 Å². The fourth-order valence-electron chi connectivity index (χ4n) is 2.59. The number of carboxylic acids is 1. The molecule has 0 radical (unpaired) electrons. The van der Waals surface area contributed by atoms with Crippen LogP contribution in [0, 0.1) is 0 Å². The predicted molar refractivity (Wildman–Crippen MR) is 88.4 cm³/mol. The lowest BCUT2D eigenvalue weighted by Crippen LogP contribution is -2.14. The lowest BCUT2D eigenvalue weighted by molar-refractivity contribution is -0.137. The summed E-state index contributed by atoms with van der Waals surface area (Å²) in [7, 11) is 0. The van der Waals surface area contributed by atoms with Crippen molar-refractivity contribution in [2.75, 3.05) is 0 Å². The van der Waals surface area contributed by atoms with Gasteiger partial charge in [0.2, 0.25) is 0 Å². The van der Waals surface area contributed by atoms with Gasteiger partial charge in [-0.1, -0.05) is 18.2 Å². The summed E-state index contributed by atoms with van der Waals surface area (Å²) in [5.41, 5.74) is 6.92. The third-order valence-corrected chi connectivity index (χ3v) is 3.79. The van der Waals surface area contributed by atoms with Gasteiger partial charge in [0, 0.05) is 17.6 Å². The summed E-state index contributed by atoms with van der Waals surface area (Å²) in [5, 5.41) is 9.22. The van der Waals surface area contributed by atoms with Crippen molar-refractivity contribution < 1.29 is 23.1 Å². The van der Waals surface area contributed by atoms with Crippen molar-refractivity contribution >= 4 is 23.6 Å². The average Bonchev–Trinajstić information content (AvgIpc) is 2.71. The molecule has 1 heterocycles. The van der Waals surface area contributed by atoms with E-state index in [1.165, 1.54) is 12.1 Å². The number of hydrogen-bond donors (Lipinski definition) is 2. The predicted octanol–water partition coefficient (Wildman–Crippen LogP) is 4.23. The van der Waals surface area contributed by atoms with Gasteiger partial charge < -0.3 is 10.8 Å². The van der Waals surface area contributed by atoms with Crippen molar-refractivity contribution in [3.63, 3.8) is 0 Å². The minimum atomic E-state index is -4.43. The molecule has 0 bridgehead atoms. The van der Waals surface area contributed by atoms with Gasteiger partial charge in [-0.25, -0.2) is 9.79 Å². The van der Waals surface area contributed by atoms with Crippen molar-refractivity contribution in [1.82, 2.24) is 0 Å². The number of aliphatic imine (C=N–C) groups is 1. The molecule has 0 unspecified atom stereocenters. The zero-order valence-electron chi connectivity index (χ0n) is 12.8. The molecule has 0 aliphatic carbocycles. The molecule has 0 spiro atoms. The lowest BCUT2D eigenvalue weighted by atomic mass is 9.99. The monoisotopic (exact) mass is 346 g/mol. The van der Waals surface area contributed by atoms with E-state index in [0.29, 0.717) is 22.4 Å². The lowest BCUT2D eigenvalue weighted by Gasteiger charge is -2.10. The number of nitrogens with zero attached hydrogens (tertiary/aromatic N) is 1. The highest BCUT2D eigenvalue weighted by Gasteiger charge is 2.30. The number of amidine groups is 1. The molecule has 0 atom stereocenters. The molecule has 0 aromatic heterocycles. The third kappa shape index (κ3) is 3.55. The van der Waals surface area contributed by atoms with Crippen LogP contribution in [-0.2, 0) is 11.0 Å². The van der Waals surface area contributed by atoms with Crippen LogP contribution < -0.4 is 5.73 Å². The molecule has 3 rings (SSSR count).